The lowest BCUT2D eigenvalue weighted by Gasteiger charge is -2.34. The Morgan fingerprint density at radius 2 is 1.85 bits per heavy atom. The number of likely N-dealkylation sites (tertiary alicyclic amines) is 1. The van der Waals surface area contributed by atoms with Crippen molar-refractivity contribution in [1.82, 2.24) is 4.90 Å². The molecule has 27 heavy (non-hydrogen) atoms. The van der Waals surface area contributed by atoms with Gasteiger partial charge in [-0.1, -0.05) is 12.1 Å². The summed E-state index contributed by atoms with van der Waals surface area (Å²) in [6, 6.07) is 14.0. The van der Waals surface area contributed by atoms with Gasteiger partial charge in [0.25, 0.3) is 5.91 Å². The Morgan fingerprint density at radius 1 is 1.15 bits per heavy atom. The highest BCUT2D eigenvalue weighted by Crippen LogP contribution is 2.34. The minimum Gasteiger partial charge on any atom is -0.497 e. The molecule has 4 nitrogen and oxygen atoms in total. The zero-order chi connectivity index (χ0) is 19.4. The van der Waals surface area contributed by atoms with E-state index >= 15 is 0 Å². The number of rotatable bonds is 4. The fraction of sp³-hybridized carbons (Fsp3) is 0.350. The highest BCUT2D eigenvalue weighted by Gasteiger charge is 2.42. The molecule has 2 aromatic carbocycles. The Kier molecular flexibility index (Phi) is 5.58. The van der Waals surface area contributed by atoms with Crippen molar-refractivity contribution >= 4 is 17.3 Å². The zero-order valence-corrected chi connectivity index (χ0v) is 14.9. The molecule has 1 amide bonds. The number of methoxy groups -OCH3 is 1. The van der Waals surface area contributed by atoms with Crippen LogP contribution in [0.25, 0.3) is 0 Å². The predicted molar refractivity (Wildman–Crippen MR) is 97.4 cm³/mol. The summed E-state index contributed by atoms with van der Waals surface area (Å²) in [4.78, 5) is 14.2. The lowest BCUT2D eigenvalue weighted by molar-refractivity contribution is -0.184. The first-order chi connectivity index (χ1) is 12.9. The number of nitrogens with zero attached hydrogens (tertiary/aromatic N) is 1. The molecule has 0 radical (unpaired) electrons. The molecule has 1 atom stereocenters. The van der Waals surface area contributed by atoms with Gasteiger partial charge in [-0.2, -0.15) is 13.2 Å². The number of hydrogen-bond acceptors (Lipinski definition) is 3. The molecule has 7 heteroatoms. The summed E-state index contributed by atoms with van der Waals surface area (Å²) in [6.07, 6.45) is -3.86. The van der Waals surface area contributed by atoms with Gasteiger partial charge < -0.3 is 15.0 Å². The van der Waals surface area contributed by atoms with E-state index < -0.39 is 12.1 Å². The van der Waals surface area contributed by atoms with Crippen LogP contribution in [0.2, 0.25) is 0 Å². The number of carbonyl (C=O) groups excluding carboxylic acids is 1. The number of ether oxygens (including phenoxy) is 1. The molecule has 0 unspecified atom stereocenters. The van der Waals surface area contributed by atoms with Crippen LogP contribution in [0.4, 0.5) is 24.5 Å². The maximum atomic E-state index is 13.0. The van der Waals surface area contributed by atoms with Gasteiger partial charge in [0, 0.05) is 18.8 Å². The number of benzene rings is 2. The Balaban J connectivity index is 1.79. The topological polar surface area (TPSA) is 41.6 Å². The van der Waals surface area contributed by atoms with Gasteiger partial charge in [0.2, 0.25) is 0 Å². The molecule has 0 spiro atoms. The number of anilines is 2. The maximum absolute atomic E-state index is 13.0. The van der Waals surface area contributed by atoms with Crippen LogP contribution in [0.5, 0.6) is 5.75 Å². The van der Waals surface area contributed by atoms with Crippen LogP contribution in [0.3, 0.4) is 0 Å². The van der Waals surface area contributed by atoms with E-state index in [1.807, 2.05) is 0 Å². The molecule has 0 saturated carbocycles. The molecule has 144 valence electrons. The molecule has 3 rings (SSSR count). The summed E-state index contributed by atoms with van der Waals surface area (Å²) < 4.78 is 44.3. The van der Waals surface area contributed by atoms with Crippen LogP contribution in [-0.2, 0) is 0 Å². The van der Waals surface area contributed by atoms with Crippen molar-refractivity contribution in [3.8, 4) is 5.75 Å². The highest BCUT2D eigenvalue weighted by atomic mass is 19.4. The second-order valence-corrected chi connectivity index (χ2v) is 6.53. The third kappa shape index (κ3) is 4.53. The van der Waals surface area contributed by atoms with Crippen molar-refractivity contribution in [2.24, 2.45) is 5.92 Å². The van der Waals surface area contributed by atoms with Crippen LogP contribution in [0.1, 0.15) is 23.2 Å². The summed E-state index contributed by atoms with van der Waals surface area (Å²) in [5, 5.41) is 3.16. The first kappa shape index (κ1) is 19.1. The Morgan fingerprint density at radius 3 is 2.52 bits per heavy atom. The van der Waals surface area contributed by atoms with E-state index in [2.05, 4.69) is 5.32 Å². The summed E-state index contributed by atoms with van der Waals surface area (Å²) in [5.41, 5.74) is 1.67. The predicted octanol–water partition coefficient (Wildman–Crippen LogP) is 4.85. The normalized spacial score (nSPS) is 17.5. The molecule has 1 N–H and O–H groups in total. The number of amides is 1. The van der Waals surface area contributed by atoms with E-state index in [0.717, 1.165) is 5.69 Å². The molecule has 0 aliphatic carbocycles. The van der Waals surface area contributed by atoms with E-state index in [-0.39, 0.29) is 18.9 Å². The van der Waals surface area contributed by atoms with Gasteiger partial charge in [0.05, 0.1) is 24.3 Å². The van der Waals surface area contributed by atoms with Crippen molar-refractivity contribution in [3.63, 3.8) is 0 Å². The van der Waals surface area contributed by atoms with Crippen LogP contribution in [0, 0.1) is 5.92 Å². The smallest absolute Gasteiger partial charge is 0.393 e. The molecule has 0 bridgehead atoms. The van der Waals surface area contributed by atoms with E-state index in [0.29, 0.717) is 30.0 Å². The second kappa shape index (κ2) is 7.90. The van der Waals surface area contributed by atoms with Gasteiger partial charge in [-0.15, -0.1) is 0 Å². The molecule has 1 saturated heterocycles. The molecule has 1 aliphatic heterocycles. The number of alkyl halides is 3. The van der Waals surface area contributed by atoms with Crippen LogP contribution < -0.4 is 10.1 Å². The number of halogens is 3. The molecule has 1 heterocycles. The number of carbonyl (C=O) groups is 1. The average Bonchev–Trinajstić information content (AvgIpc) is 2.68. The third-order valence-corrected chi connectivity index (χ3v) is 4.70. The van der Waals surface area contributed by atoms with Gasteiger partial charge in [0.15, 0.2) is 0 Å². The van der Waals surface area contributed by atoms with Crippen LogP contribution >= 0.6 is 0 Å². The van der Waals surface area contributed by atoms with E-state index in [9.17, 15) is 18.0 Å². The lowest BCUT2D eigenvalue weighted by Crippen LogP contribution is -2.44. The van der Waals surface area contributed by atoms with Gasteiger partial charge in [-0.05, 0) is 49.2 Å². The van der Waals surface area contributed by atoms with E-state index in [1.54, 1.807) is 55.6 Å². The molecule has 1 aliphatic rings. The Labute approximate surface area is 155 Å². The van der Waals surface area contributed by atoms with Crippen molar-refractivity contribution in [2.45, 2.75) is 19.0 Å². The van der Waals surface area contributed by atoms with Gasteiger partial charge in [-0.3, -0.25) is 4.79 Å². The van der Waals surface area contributed by atoms with Gasteiger partial charge in [0.1, 0.15) is 5.75 Å². The quantitative estimate of drug-likeness (QED) is 0.827. The summed E-state index contributed by atoms with van der Waals surface area (Å²) in [7, 11) is 1.57. The molecule has 2 aromatic rings. The highest BCUT2D eigenvalue weighted by molar-refractivity contribution is 6.00. The Hall–Kier alpha value is -2.70. The van der Waals surface area contributed by atoms with Crippen molar-refractivity contribution in [1.29, 1.82) is 0 Å². The van der Waals surface area contributed by atoms with Gasteiger partial charge >= 0.3 is 6.18 Å². The monoisotopic (exact) mass is 378 g/mol. The largest absolute Gasteiger partial charge is 0.497 e. The summed E-state index contributed by atoms with van der Waals surface area (Å²) in [6.45, 7) is 0.0431. The minimum atomic E-state index is -4.28. The maximum Gasteiger partial charge on any atom is 0.393 e. The number of piperidine rings is 1. The Bertz CT molecular complexity index is 791. The number of hydrogen-bond donors (Lipinski definition) is 1. The van der Waals surface area contributed by atoms with Crippen LogP contribution in [0.15, 0.2) is 48.5 Å². The fourth-order valence-corrected chi connectivity index (χ4v) is 3.21. The standard InChI is InChI=1S/C20H21F3N2O2/c1-27-16-10-8-15(9-11-16)24-18-7-3-2-6-17(18)19(26)25-12-4-5-14(13-25)20(21,22)23/h2-3,6-11,14,24H,4-5,12-13H2,1H3/t14-/m1/s1. The van der Waals surface area contributed by atoms with Crippen molar-refractivity contribution in [2.75, 3.05) is 25.5 Å². The summed E-state index contributed by atoms with van der Waals surface area (Å²) in [5.74, 6) is -1.14. The molecular weight excluding hydrogens is 357 g/mol. The van der Waals surface area contributed by atoms with E-state index in [4.69, 9.17) is 4.74 Å². The zero-order valence-electron chi connectivity index (χ0n) is 14.9. The van der Waals surface area contributed by atoms with E-state index in [1.165, 1.54) is 4.90 Å². The minimum absolute atomic E-state index is 0.0685. The summed E-state index contributed by atoms with van der Waals surface area (Å²) >= 11 is 0. The van der Waals surface area contributed by atoms with Crippen LogP contribution in [-0.4, -0.2) is 37.2 Å². The number of nitrogens with one attached hydrogen (secondary N) is 1. The number of para-hydroxylation sites is 1. The van der Waals surface area contributed by atoms with Crippen molar-refractivity contribution < 1.29 is 22.7 Å². The SMILES string of the molecule is COc1ccc(Nc2ccccc2C(=O)N2CCC[C@@H](C(F)(F)F)C2)cc1. The second-order valence-electron chi connectivity index (χ2n) is 6.53. The van der Waals surface area contributed by atoms with Crippen molar-refractivity contribution in [3.05, 3.63) is 54.1 Å². The average molecular weight is 378 g/mol. The van der Waals surface area contributed by atoms with Gasteiger partial charge in [-0.25, -0.2) is 0 Å². The molecular formula is C20H21F3N2O2. The first-order valence-corrected chi connectivity index (χ1v) is 8.74. The lowest BCUT2D eigenvalue weighted by atomic mass is 9.96. The third-order valence-electron chi connectivity index (χ3n) is 4.70. The molecule has 0 aromatic heterocycles. The fourth-order valence-electron chi connectivity index (χ4n) is 3.21. The first-order valence-electron chi connectivity index (χ1n) is 8.74. The molecule has 1 fully saturated rings.